The molecule has 0 spiro atoms. The molecule has 1 heterocycles. The maximum Gasteiger partial charge on any atom is 0.416 e. The first-order valence-electron chi connectivity index (χ1n) is 6.33. The topological polar surface area (TPSA) is 27.8 Å². The molecule has 0 amide bonds. The lowest BCUT2D eigenvalue weighted by molar-refractivity contribution is -0.137. The molecule has 1 aromatic heterocycles. The molecule has 0 unspecified atom stereocenters. The van der Waals surface area contributed by atoms with Crippen molar-refractivity contribution in [2.45, 2.75) is 18.5 Å². The van der Waals surface area contributed by atoms with Gasteiger partial charge in [0.25, 0.3) is 0 Å². The number of hydrogen-bond donors (Lipinski definition) is 2. The first-order valence-corrected chi connectivity index (χ1v) is 6.33. The summed E-state index contributed by atoms with van der Waals surface area (Å²) in [6.07, 6.45) is -1.33. The summed E-state index contributed by atoms with van der Waals surface area (Å²) in [6.45, 7) is 0.956. The zero-order chi connectivity index (χ0) is 13.6. The molecule has 19 heavy (non-hydrogen) atoms. The van der Waals surface area contributed by atoms with Gasteiger partial charge in [0, 0.05) is 17.1 Å². The average molecular weight is 268 g/mol. The SMILES string of the molecule is CNC[C@@H]1C[C@H]1c1c[nH]c2cc(C(F)(F)F)ccc12. The molecule has 1 fully saturated rings. The molecule has 0 saturated heterocycles. The second-order valence-corrected chi connectivity index (χ2v) is 5.16. The van der Waals surface area contributed by atoms with E-state index in [0.29, 0.717) is 17.4 Å². The van der Waals surface area contributed by atoms with Gasteiger partial charge in [-0.2, -0.15) is 13.2 Å². The van der Waals surface area contributed by atoms with Gasteiger partial charge in [-0.25, -0.2) is 0 Å². The van der Waals surface area contributed by atoms with Crippen LogP contribution >= 0.6 is 0 Å². The van der Waals surface area contributed by atoms with Crippen LogP contribution < -0.4 is 5.32 Å². The van der Waals surface area contributed by atoms with Crippen LogP contribution in [0.3, 0.4) is 0 Å². The van der Waals surface area contributed by atoms with E-state index in [1.54, 1.807) is 6.07 Å². The number of H-pyrrole nitrogens is 1. The smallest absolute Gasteiger partial charge is 0.361 e. The van der Waals surface area contributed by atoms with E-state index in [0.717, 1.165) is 30.0 Å². The first kappa shape index (κ1) is 12.5. The molecule has 2 atom stereocenters. The minimum absolute atomic E-state index is 0.470. The van der Waals surface area contributed by atoms with E-state index in [4.69, 9.17) is 0 Å². The van der Waals surface area contributed by atoms with E-state index < -0.39 is 11.7 Å². The molecule has 3 rings (SSSR count). The summed E-state index contributed by atoms with van der Waals surface area (Å²) in [5.41, 5.74) is 1.11. The molecule has 2 aromatic rings. The number of fused-ring (bicyclic) bond motifs is 1. The zero-order valence-electron chi connectivity index (χ0n) is 10.5. The molecule has 0 aliphatic heterocycles. The van der Waals surface area contributed by atoms with Crippen LogP contribution in [0.25, 0.3) is 10.9 Å². The van der Waals surface area contributed by atoms with Crippen molar-refractivity contribution >= 4 is 10.9 Å². The van der Waals surface area contributed by atoms with Gasteiger partial charge in [0.2, 0.25) is 0 Å². The molecule has 0 bridgehead atoms. The van der Waals surface area contributed by atoms with Gasteiger partial charge in [0.05, 0.1) is 5.56 Å². The Bertz CT molecular complexity index is 600. The van der Waals surface area contributed by atoms with Crippen molar-refractivity contribution in [2.75, 3.05) is 13.6 Å². The summed E-state index contributed by atoms with van der Waals surface area (Å²) >= 11 is 0. The van der Waals surface area contributed by atoms with Crippen LogP contribution in [0.15, 0.2) is 24.4 Å². The molecular weight excluding hydrogens is 253 g/mol. The zero-order valence-corrected chi connectivity index (χ0v) is 10.5. The van der Waals surface area contributed by atoms with Gasteiger partial charge in [0.1, 0.15) is 0 Å². The number of halogens is 3. The quantitative estimate of drug-likeness (QED) is 0.876. The summed E-state index contributed by atoms with van der Waals surface area (Å²) in [6, 6.07) is 3.93. The summed E-state index contributed by atoms with van der Waals surface area (Å²) in [5.74, 6) is 1.07. The minimum atomic E-state index is -4.28. The summed E-state index contributed by atoms with van der Waals surface area (Å²) in [7, 11) is 1.92. The molecule has 1 saturated carbocycles. The van der Waals surface area contributed by atoms with E-state index in [1.807, 2.05) is 13.2 Å². The maximum atomic E-state index is 12.6. The number of nitrogens with one attached hydrogen (secondary N) is 2. The Labute approximate surface area is 109 Å². The number of aromatic amines is 1. The lowest BCUT2D eigenvalue weighted by Crippen LogP contribution is -2.10. The van der Waals surface area contributed by atoms with E-state index in [1.165, 1.54) is 6.07 Å². The summed E-state index contributed by atoms with van der Waals surface area (Å²) < 4.78 is 37.9. The van der Waals surface area contributed by atoms with Gasteiger partial charge in [0.15, 0.2) is 0 Å². The fourth-order valence-electron chi connectivity index (χ4n) is 2.75. The lowest BCUT2D eigenvalue weighted by Gasteiger charge is -2.06. The monoisotopic (exact) mass is 268 g/mol. The summed E-state index contributed by atoms with van der Waals surface area (Å²) in [4.78, 5) is 2.96. The van der Waals surface area contributed by atoms with Crippen molar-refractivity contribution in [3.05, 3.63) is 35.5 Å². The Morgan fingerprint density at radius 1 is 1.37 bits per heavy atom. The van der Waals surface area contributed by atoms with Crippen molar-refractivity contribution < 1.29 is 13.2 Å². The molecule has 1 aliphatic carbocycles. The first-order chi connectivity index (χ1) is 9.00. The normalized spacial score (nSPS) is 22.9. The Morgan fingerprint density at radius 2 is 2.16 bits per heavy atom. The molecule has 2 N–H and O–H groups in total. The third kappa shape index (κ3) is 2.23. The second kappa shape index (κ2) is 4.27. The number of hydrogen-bond acceptors (Lipinski definition) is 1. The van der Waals surface area contributed by atoms with Crippen molar-refractivity contribution in [3.8, 4) is 0 Å². The number of alkyl halides is 3. The molecule has 1 aliphatic rings. The third-order valence-corrected chi connectivity index (χ3v) is 3.83. The number of aromatic nitrogens is 1. The van der Waals surface area contributed by atoms with Gasteiger partial charge in [-0.05, 0) is 49.5 Å². The van der Waals surface area contributed by atoms with Gasteiger partial charge in [-0.1, -0.05) is 6.07 Å². The van der Waals surface area contributed by atoms with E-state index in [9.17, 15) is 13.2 Å². The average Bonchev–Trinajstić information content (AvgIpc) is 2.98. The van der Waals surface area contributed by atoms with Gasteiger partial charge >= 0.3 is 6.18 Å². The highest BCUT2D eigenvalue weighted by Crippen LogP contribution is 2.49. The van der Waals surface area contributed by atoms with E-state index in [2.05, 4.69) is 10.3 Å². The van der Waals surface area contributed by atoms with Gasteiger partial charge in [-0.3, -0.25) is 0 Å². The fraction of sp³-hybridized carbons (Fsp3) is 0.429. The van der Waals surface area contributed by atoms with Crippen LogP contribution in [-0.2, 0) is 6.18 Å². The Hall–Kier alpha value is -1.49. The Balaban J connectivity index is 1.93. The highest BCUT2D eigenvalue weighted by molar-refractivity contribution is 5.85. The Kier molecular flexibility index (Phi) is 2.82. The van der Waals surface area contributed by atoms with Crippen LogP contribution in [0.1, 0.15) is 23.5 Å². The van der Waals surface area contributed by atoms with Crippen LogP contribution in [-0.4, -0.2) is 18.6 Å². The summed E-state index contributed by atoms with van der Waals surface area (Å²) in [5, 5.41) is 4.05. The van der Waals surface area contributed by atoms with Crippen LogP contribution in [0, 0.1) is 5.92 Å². The minimum Gasteiger partial charge on any atom is -0.361 e. The predicted octanol–water partition coefficient (Wildman–Crippen LogP) is 3.51. The lowest BCUT2D eigenvalue weighted by atomic mass is 10.1. The van der Waals surface area contributed by atoms with E-state index >= 15 is 0 Å². The van der Waals surface area contributed by atoms with Gasteiger partial charge in [-0.15, -0.1) is 0 Å². The fourth-order valence-corrected chi connectivity index (χ4v) is 2.75. The molecule has 2 nitrogen and oxygen atoms in total. The second-order valence-electron chi connectivity index (χ2n) is 5.16. The highest BCUT2D eigenvalue weighted by atomic mass is 19.4. The van der Waals surface area contributed by atoms with Gasteiger partial charge < -0.3 is 10.3 Å². The van der Waals surface area contributed by atoms with E-state index in [-0.39, 0.29) is 0 Å². The van der Waals surface area contributed by atoms with Crippen LogP contribution in [0.5, 0.6) is 0 Å². The standard InChI is InChI=1S/C14H15F3N2/c1-18-6-8-4-11(8)12-7-19-13-5-9(14(15,16)17)2-3-10(12)13/h2-3,5,7-8,11,18-19H,4,6H2,1H3/t8-,11+/m0/s1. The molecular formula is C14H15F3N2. The van der Waals surface area contributed by atoms with Crippen LogP contribution in [0.4, 0.5) is 13.2 Å². The van der Waals surface area contributed by atoms with Crippen LogP contribution in [0.2, 0.25) is 0 Å². The van der Waals surface area contributed by atoms with Crippen molar-refractivity contribution in [1.29, 1.82) is 0 Å². The van der Waals surface area contributed by atoms with Crippen molar-refractivity contribution in [1.82, 2.24) is 10.3 Å². The third-order valence-electron chi connectivity index (χ3n) is 3.83. The highest BCUT2D eigenvalue weighted by Gasteiger charge is 2.39. The number of rotatable bonds is 3. The van der Waals surface area contributed by atoms with Crippen molar-refractivity contribution in [2.24, 2.45) is 5.92 Å². The maximum absolute atomic E-state index is 12.6. The Morgan fingerprint density at radius 3 is 2.84 bits per heavy atom. The molecule has 102 valence electrons. The molecule has 0 radical (unpaired) electrons. The van der Waals surface area contributed by atoms with Crippen molar-refractivity contribution in [3.63, 3.8) is 0 Å². The number of benzene rings is 1. The predicted molar refractivity (Wildman–Crippen MR) is 68.1 cm³/mol. The molecule has 5 heteroatoms. The molecule has 1 aromatic carbocycles. The largest absolute Gasteiger partial charge is 0.416 e.